The van der Waals surface area contributed by atoms with E-state index in [2.05, 4.69) is 25.6 Å². The molecule has 2 bridgehead atoms. The zero-order chi connectivity index (χ0) is 28.1. The first-order valence-electron chi connectivity index (χ1n) is 12.8. The summed E-state index contributed by atoms with van der Waals surface area (Å²) in [6.07, 6.45) is -2.64. The van der Waals surface area contributed by atoms with Crippen molar-refractivity contribution >= 4 is 23.2 Å². The molecule has 10 nitrogen and oxygen atoms in total. The summed E-state index contributed by atoms with van der Waals surface area (Å²) in [6.45, 7) is 4.92. The molecule has 2 aromatic heterocycles. The van der Waals surface area contributed by atoms with Crippen molar-refractivity contribution in [3.63, 3.8) is 0 Å². The number of nitrogens with one attached hydrogen (secondary N) is 2. The first-order valence-corrected chi connectivity index (χ1v) is 12.8. The van der Waals surface area contributed by atoms with Gasteiger partial charge in [0.05, 0.1) is 24.1 Å². The van der Waals surface area contributed by atoms with Gasteiger partial charge >= 0.3 is 6.18 Å². The van der Waals surface area contributed by atoms with Crippen molar-refractivity contribution < 1.29 is 32.2 Å². The van der Waals surface area contributed by atoms with E-state index in [4.69, 9.17) is 14.2 Å². The van der Waals surface area contributed by atoms with E-state index in [1.54, 1.807) is 18.2 Å². The van der Waals surface area contributed by atoms with E-state index < -0.39 is 23.6 Å². The van der Waals surface area contributed by atoms with Gasteiger partial charge in [-0.15, -0.1) is 0 Å². The van der Waals surface area contributed by atoms with E-state index in [0.717, 1.165) is 12.1 Å². The van der Waals surface area contributed by atoms with Gasteiger partial charge in [0.15, 0.2) is 17.4 Å². The molecule has 13 heteroatoms. The van der Waals surface area contributed by atoms with Gasteiger partial charge in [-0.3, -0.25) is 4.79 Å². The van der Waals surface area contributed by atoms with Crippen molar-refractivity contribution in [3.8, 4) is 17.3 Å². The van der Waals surface area contributed by atoms with Crippen LogP contribution in [0.3, 0.4) is 0 Å². The number of aromatic nitrogens is 3. The molecule has 3 aliphatic rings. The second-order valence-electron chi connectivity index (χ2n) is 10.4. The Morgan fingerprint density at radius 2 is 2.05 bits per heavy atom. The lowest BCUT2D eigenvalue weighted by Crippen LogP contribution is -2.41. The molecule has 0 saturated carbocycles. The van der Waals surface area contributed by atoms with Crippen LogP contribution in [0.2, 0.25) is 0 Å². The van der Waals surface area contributed by atoms with Gasteiger partial charge in [0.25, 0.3) is 0 Å². The molecule has 3 aromatic rings. The van der Waals surface area contributed by atoms with Crippen LogP contribution in [-0.2, 0) is 20.4 Å². The quantitative estimate of drug-likeness (QED) is 0.464. The topological polar surface area (TPSA) is 111 Å². The summed E-state index contributed by atoms with van der Waals surface area (Å²) in [4.78, 5) is 28.4. The number of nitrogens with zero attached hydrogens (tertiary/aromatic N) is 4. The van der Waals surface area contributed by atoms with Crippen molar-refractivity contribution in [2.45, 2.75) is 50.4 Å². The number of carbonyl (C=O) groups is 1. The highest BCUT2D eigenvalue weighted by Gasteiger charge is 2.42. The second kappa shape index (κ2) is 9.89. The fourth-order valence-corrected chi connectivity index (χ4v) is 5.11. The minimum atomic E-state index is -4.47. The first-order chi connectivity index (χ1) is 19.0. The van der Waals surface area contributed by atoms with Gasteiger partial charge in [-0.1, -0.05) is 18.2 Å². The largest absolute Gasteiger partial charge is 0.475 e. The van der Waals surface area contributed by atoms with Gasteiger partial charge in [-0.25, -0.2) is 9.97 Å². The maximum Gasteiger partial charge on any atom is 0.416 e. The minimum absolute atomic E-state index is 0.0620. The number of hydrogen-bond donors (Lipinski definition) is 2. The van der Waals surface area contributed by atoms with Crippen LogP contribution < -0.4 is 20.3 Å². The number of hydrogen-bond acceptors (Lipinski definition) is 9. The van der Waals surface area contributed by atoms with Crippen molar-refractivity contribution in [2.75, 3.05) is 35.3 Å². The fourth-order valence-electron chi connectivity index (χ4n) is 5.11. The molecular formula is C27H27F3N6O4. The molecule has 1 unspecified atom stereocenters. The molecule has 6 rings (SSSR count). The van der Waals surface area contributed by atoms with Gasteiger partial charge < -0.3 is 29.7 Å². The van der Waals surface area contributed by atoms with Crippen LogP contribution in [0.5, 0.6) is 5.88 Å². The fraction of sp³-hybridized carbons (Fsp3) is 0.407. The number of alkyl halides is 3. The number of anilines is 3. The predicted octanol–water partition coefficient (Wildman–Crippen LogP) is 4.10. The van der Waals surface area contributed by atoms with E-state index in [1.807, 2.05) is 18.7 Å². The molecule has 1 aromatic carbocycles. The number of fused-ring (bicyclic) bond motifs is 4. The lowest BCUT2D eigenvalue weighted by Gasteiger charge is -2.30. The lowest BCUT2D eigenvalue weighted by molar-refractivity contribution is -0.141. The Morgan fingerprint density at radius 3 is 2.83 bits per heavy atom. The smallest absolute Gasteiger partial charge is 0.416 e. The molecule has 3 aliphatic heterocycles. The molecule has 0 radical (unpaired) electrons. The Kier molecular flexibility index (Phi) is 6.50. The Hall–Kier alpha value is -3.97. The van der Waals surface area contributed by atoms with E-state index >= 15 is 0 Å². The van der Waals surface area contributed by atoms with E-state index in [9.17, 15) is 18.0 Å². The predicted molar refractivity (Wildman–Crippen MR) is 139 cm³/mol. The van der Waals surface area contributed by atoms with Crippen LogP contribution in [-0.4, -0.2) is 64.6 Å². The number of amides is 1. The van der Waals surface area contributed by atoms with Gasteiger partial charge in [0.2, 0.25) is 11.8 Å². The van der Waals surface area contributed by atoms with Crippen molar-refractivity contribution in [1.82, 2.24) is 15.0 Å². The monoisotopic (exact) mass is 556 g/mol. The van der Waals surface area contributed by atoms with Gasteiger partial charge in [-0.2, -0.15) is 18.2 Å². The zero-order valence-electron chi connectivity index (χ0n) is 21.7. The average Bonchev–Trinajstić information content (AvgIpc) is 3.45. The molecule has 3 atom stereocenters. The number of carbonyl (C=O) groups excluding carboxylic acids is 1. The molecule has 2 N–H and O–H groups in total. The maximum absolute atomic E-state index is 13.3. The van der Waals surface area contributed by atoms with Gasteiger partial charge in [0.1, 0.15) is 24.6 Å². The van der Waals surface area contributed by atoms with E-state index in [1.165, 1.54) is 18.3 Å². The summed E-state index contributed by atoms with van der Waals surface area (Å²) >= 11 is 0. The minimum Gasteiger partial charge on any atom is -0.475 e. The number of halogens is 3. The SMILES string of the molecule is CC1(C)OC[C@H](COc2cccc(NC(=O)C3C[C@H]4CN3c3cnc(-c5cccc(C(F)(F)F)c5)nc3N4)n2)O1. The van der Waals surface area contributed by atoms with Crippen molar-refractivity contribution in [1.29, 1.82) is 0 Å². The third-order valence-electron chi connectivity index (χ3n) is 6.93. The maximum atomic E-state index is 13.3. The van der Waals surface area contributed by atoms with Crippen LogP contribution in [0.15, 0.2) is 48.7 Å². The number of benzene rings is 1. The number of pyridine rings is 1. The highest BCUT2D eigenvalue weighted by Crippen LogP contribution is 2.39. The average molecular weight is 557 g/mol. The molecule has 0 aliphatic carbocycles. The standard InChI is InChI=1S/C27H27F3N6O4/c1-26(2)39-14-18(40-26)13-38-22-8-4-7-21(33-22)34-25(37)19-10-17-12-36(19)20-11-31-23(35-24(20)32-17)15-5-3-6-16(9-15)27(28,29)30/h3-9,11,17-19H,10,12-14H2,1-2H3,(H,31,32,35)(H,33,34,37)/t17-,18-,19?/m0/s1. The Morgan fingerprint density at radius 1 is 1.23 bits per heavy atom. The Bertz CT molecular complexity index is 1440. The highest BCUT2D eigenvalue weighted by atomic mass is 19.4. The number of ether oxygens (including phenoxy) is 3. The summed E-state index contributed by atoms with van der Waals surface area (Å²) in [5, 5.41) is 6.16. The summed E-state index contributed by atoms with van der Waals surface area (Å²) < 4.78 is 56.6. The zero-order valence-corrected chi connectivity index (χ0v) is 21.7. The molecular weight excluding hydrogens is 529 g/mol. The molecule has 1 amide bonds. The molecule has 40 heavy (non-hydrogen) atoms. The Balaban J connectivity index is 1.14. The summed E-state index contributed by atoms with van der Waals surface area (Å²) in [5.74, 6) is 0.434. The van der Waals surface area contributed by atoms with Crippen LogP contribution in [0.25, 0.3) is 11.4 Å². The van der Waals surface area contributed by atoms with Crippen LogP contribution in [0.4, 0.5) is 30.5 Å². The third-order valence-corrected chi connectivity index (χ3v) is 6.93. The normalized spacial score (nSPS) is 22.9. The number of rotatable bonds is 6. The molecule has 0 spiro atoms. The molecule has 2 fully saturated rings. The summed E-state index contributed by atoms with van der Waals surface area (Å²) in [7, 11) is 0. The van der Waals surface area contributed by atoms with Gasteiger partial charge in [0, 0.05) is 24.2 Å². The summed E-state index contributed by atoms with van der Waals surface area (Å²) in [5.41, 5.74) is 0.0923. The van der Waals surface area contributed by atoms with Crippen molar-refractivity contribution in [3.05, 3.63) is 54.2 Å². The molecule has 5 heterocycles. The molecule has 2 saturated heterocycles. The third kappa shape index (κ3) is 5.39. The lowest BCUT2D eigenvalue weighted by atomic mass is 10.1. The Labute approximate surface area is 227 Å². The second-order valence-corrected chi connectivity index (χ2v) is 10.4. The van der Waals surface area contributed by atoms with E-state index in [-0.39, 0.29) is 36.0 Å². The summed E-state index contributed by atoms with van der Waals surface area (Å²) in [6, 6.07) is 9.42. The van der Waals surface area contributed by atoms with E-state index in [0.29, 0.717) is 42.8 Å². The van der Waals surface area contributed by atoms with Crippen molar-refractivity contribution in [2.24, 2.45) is 0 Å². The highest BCUT2D eigenvalue weighted by molar-refractivity contribution is 5.98. The first kappa shape index (κ1) is 26.3. The molecule has 210 valence electrons. The van der Waals surface area contributed by atoms with Crippen LogP contribution >= 0.6 is 0 Å². The van der Waals surface area contributed by atoms with Crippen LogP contribution in [0, 0.1) is 0 Å². The van der Waals surface area contributed by atoms with Gasteiger partial charge in [-0.05, 0) is 38.5 Å². The van der Waals surface area contributed by atoms with Crippen LogP contribution in [0.1, 0.15) is 25.8 Å².